The molecule has 26 heavy (non-hydrogen) atoms. The lowest BCUT2D eigenvalue weighted by Gasteiger charge is -2.14. The van der Waals surface area contributed by atoms with E-state index in [9.17, 15) is 9.59 Å². The van der Waals surface area contributed by atoms with Crippen molar-refractivity contribution < 1.29 is 23.8 Å². The molecule has 2 aromatic carbocycles. The highest BCUT2D eigenvalue weighted by atomic mass is 16.5. The van der Waals surface area contributed by atoms with E-state index in [4.69, 9.17) is 14.2 Å². The van der Waals surface area contributed by atoms with Crippen LogP contribution in [0.5, 0.6) is 11.5 Å². The number of likely N-dealkylation sites (N-methyl/N-ethyl adjacent to an activating group) is 1. The van der Waals surface area contributed by atoms with Gasteiger partial charge in [0.2, 0.25) is 0 Å². The molecular formula is C20H23NO5. The summed E-state index contributed by atoms with van der Waals surface area (Å²) in [6, 6.07) is 14.5. The normalized spacial score (nSPS) is 11.3. The van der Waals surface area contributed by atoms with Crippen LogP contribution in [0.1, 0.15) is 29.8 Å². The average Bonchev–Trinajstić information content (AvgIpc) is 2.67. The van der Waals surface area contributed by atoms with E-state index in [-0.39, 0.29) is 11.5 Å². The lowest BCUT2D eigenvalue weighted by molar-refractivity contribution is -0.128. The molecule has 0 aliphatic carbocycles. The summed E-state index contributed by atoms with van der Waals surface area (Å²) in [6.45, 7) is 4.18. The highest BCUT2D eigenvalue weighted by Gasteiger charge is 2.19. The first-order chi connectivity index (χ1) is 12.5. The number of hydrogen-bond acceptors (Lipinski definition) is 5. The van der Waals surface area contributed by atoms with Crippen molar-refractivity contribution in [2.24, 2.45) is 0 Å². The zero-order chi connectivity index (χ0) is 18.9. The Labute approximate surface area is 153 Å². The topological polar surface area (TPSA) is 73.9 Å². The molecule has 2 aromatic rings. The van der Waals surface area contributed by atoms with E-state index in [1.807, 2.05) is 30.3 Å². The molecule has 0 bridgehead atoms. The fourth-order valence-electron chi connectivity index (χ4n) is 2.25. The molecule has 6 nitrogen and oxygen atoms in total. The highest BCUT2D eigenvalue weighted by Crippen LogP contribution is 2.29. The third kappa shape index (κ3) is 5.24. The van der Waals surface area contributed by atoms with Crippen LogP contribution in [0.3, 0.4) is 0 Å². The Morgan fingerprint density at radius 3 is 2.46 bits per heavy atom. The molecule has 6 heteroatoms. The Morgan fingerprint density at radius 1 is 1.08 bits per heavy atom. The average molecular weight is 357 g/mol. The molecule has 0 saturated heterocycles. The van der Waals surface area contributed by atoms with Crippen molar-refractivity contribution in [2.75, 3.05) is 13.7 Å². The van der Waals surface area contributed by atoms with Crippen molar-refractivity contribution in [2.45, 2.75) is 26.6 Å². The van der Waals surface area contributed by atoms with Crippen molar-refractivity contribution in [3.63, 3.8) is 0 Å². The van der Waals surface area contributed by atoms with Gasteiger partial charge in [0.25, 0.3) is 5.91 Å². The Morgan fingerprint density at radius 2 is 1.81 bits per heavy atom. The molecule has 0 radical (unpaired) electrons. The molecule has 0 saturated carbocycles. The van der Waals surface area contributed by atoms with Gasteiger partial charge < -0.3 is 19.5 Å². The summed E-state index contributed by atoms with van der Waals surface area (Å²) in [4.78, 5) is 23.9. The zero-order valence-electron chi connectivity index (χ0n) is 15.2. The number of nitrogens with one attached hydrogen (secondary N) is 1. The second-order valence-corrected chi connectivity index (χ2v) is 5.58. The Hall–Kier alpha value is -3.02. The van der Waals surface area contributed by atoms with Gasteiger partial charge in [-0.1, -0.05) is 30.3 Å². The minimum absolute atomic E-state index is 0.282. The van der Waals surface area contributed by atoms with Gasteiger partial charge in [0.05, 0.1) is 12.7 Å². The molecule has 0 unspecified atom stereocenters. The third-order valence-electron chi connectivity index (χ3n) is 3.64. The number of amides is 1. The van der Waals surface area contributed by atoms with E-state index in [0.29, 0.717) is 24.7 Å². The van der Waals surface area contributed by atoms with E-state index in [1.54, 1.807) is 19.1 Å². The smallest absolute Gasteiger partial charge is 0.339 e. The number of methoxy groups -OCH3 is 1. The van der Waals surface area contributed by atoms with Gasteiger partial charge in [-0.05, 0) is 37.6 Å². The minimum Gasteiger partial charge on any atom is -0.493 e. The molecule has 1 amide bonds. The van der Waals surface area contributed by atoms with E-state index in [1.165, 1.54) is 20.1 Å². The van der Waals surface area contributed by atoms with Gasteiger partial charge in [0, 0.05) is 6.54 Å². The predicted molar refractivity (Wildman–Crippen MR) is 97.3 cm³/mol. The van der Waals surface area contributed by atoms with Gasteiger partial charge in [-0.15, -0.1) is 0 Å². The summed E-state index contributed by atoms with van der Waals surface area (Å²) in [6.07, 6.45) is -0.873. The molecular weight excluding hydrogens is 334 g/mol. The maximum atomic E-state index is 12.2. The summed E-state index contributed by atoms with van der Waals surface area (Å²) in [5.41, 5.74) is 1.30. The quantitative estimate of drug-likeness (QED) is 0.735. The fourth-order valence-corrected chi connectivity index (χ4v) is 2.25. The number of ether oxygens (including phenoxy) is 3. The van der Waals surface area contributed by atoms with E-state index in [2.05, 4.69) is 5.32 Å². The first-order valence-corrected chi connectivity index (χ1v) is 8.38. The molecule has 0 spiro atoms. The molecule has 0 heterocycles. The van der Waals surface area contributed by atoms with Crippen LogP contribution in [-0.4, -0.2) is 31.6 Å². The fraction of sp³-hybridized carbons (Fsp3) is 0.300. The van der Waals surface area contributed by atoms with Crippen LogP contribution in [-0.2, 0) is 16.1 Å². The van der Waals surface area contributed by atoms with Crippen molar-refractivity contribution in [3.8, 4) is 11.5 Å². The van der Waals surface area contributed by atoms with E-state index < -0.39 is 12.1 Å². The molecule has 138 valence electrons. The molecule has 1 atom stereocenters. The van der Waals surface area contributed by atoms with Gasteiger partial charge in [0.15, 0.2) is 17.6 Å². The summed E-state index contributed by atoms with van der Waals surface area (Å²) >= 11 is 0. The first-order valence-electron chi connectivity index (χ1n) is 8.38. The lowest BCUT2D eigenvalue weighted by Crippen LogP contribution is -2.35. The van der Waals surface area contributed by atoms with Crippen LogP contribution in [0, 0.1) is 0 Å². The van der Waals surface area contributed by atoms with E-state index >= 15 is 0 Å². The van der Waals surface area contributed by atoms with Crippen LogP contribution in [0.15, 0.2) is 48.5 Å². The van der Waals surface area contributed by atoms with Crippen LogP contribution in [0.25, 0.3) is 0 Å². The molecule has 0 aliphatic heterocycles. The molecule has 1 N–H and O–H groups in total. The second kappa shape index (κ2) is 9.46. The van der Waals surface area contributed by atoms with Crippen molar-refractivity contribution >= 4 is 11.9 Å². The number of carbonyl (C=O) groups is 2. The maximum absolute atomic E-state index is 12.2. The van der Waals surface area contributed by atoms with Crippen molar-refractivity contribution in [1.29, 1.82) is 0 Å². The molecule has 0 aliphatic rings. The van der Waals surface area contributed by atoms with Crippen LogP contribution >= 0.6 is 0 Å². The van der Waals surface area contributed by atoms with Gasteiger partial charge in [-0.2, -0.15) is 0 Å². The highest BCUT2D eigenvalue weighted by molar-refractivity contribution is 5.92. The summed E-state index contributed by atoms with van der Waals surface area (Å²) in [5, 5.41) is 2.61. The van der Waals surface area contributed by atoms with E-state index in [0.717, 1.165) is 5.56 Å². The monoisotopic (exact) mass is 357 g/mol. The van der Waals surface area contributed by atoms with Crippen molar-refractivity contribution in [3.05, 3.63) is 59.7 Å². The minimum atomic E-state index is -0.873. The van der Waals surface area contributed by atoms with Crippen LogP contribution in [0.2, 0.25) is 0 Å². The standard InChI is InChI=1S/C20H23NO5/c1-4-21-19(22)14(2)26-20(23)16-10-11-17(18(12-16)24-3)25-13-15-8-6-5-7-9-15/h5-12,14H,4,13H2,1-3H3,(H,21,22)/t14-/m1/s1. The zero-order valence-corrected chi connectivity index (χ0v) is 15.2. The van der Waals surface area contributed by atoms with Gasteiger partial charge in [-0.3, -0.25) is 4.79 Å². The molecule has 0 aromatic heterocycles. The van der Waals surface area contributed by atoms with Gasteiger partial charge in [-0.25, -0.2) is 4.79 Å². The van der Waals surface area contributed by atoms with Gasteiger partial charge in [0.1, 0.15) is 6.61 Å². The van der Waals surface area contributed by atoms with Gasteiger partial charge >= 0.3 is 5.97 Å². The molecule has 2 rings (SSSR count). The summed E-state index contributed by atoms with van der Waals surface area (Å²) < 4.78 is 16.2. The van der Waals surface area contributed by atoms with Crippen LogP contribution < -0.4 is 14.8 Å². The second-order valence-electron chi connectivity index (χ2n) is 5.58. The Balaban J connectivity index is 2.05. The summed E-state index contributed by atoms with van der Waals surface area (Å²) in [7, 11) is 1.50. The number of hydrogen-bond donors (Lipinski definition) is 1. The molecule has 0 fully saturated rings. The Bertz CT molecular complexity index is 745. The summed E-state index contributed by atoms with van der Waals surface area (Å²) in [5.74, 6) is -0.00184. The largest absolute Gasteiger partial charge is 0.493 e. The number of benzene rings is 2. The SMILES string of the molecule is CCNC(=O)[C@@H](C)OC(=O)c1ccc(OCc2ccccc2)c(OC)c1. The lowest BCUT2D eigenvalue weighted by atomic mass is 10.2. The third-order valence-corrected chi connectivity index (χ3v) is 3.64. The number of carbonyl (C=O) groups excluding carboxylic acids is 2. The van der Waals surface area contributed by atoms with Crippen LogP contribution in [0.4, 0.5) is 0 Å². The predicted octanol–water partition coefficient (Wildman–Crippen LogP) is 2.96. The first kappa shape index (κ1) is 19.3. The number of rotatable bonds is 8. The maximum Gasteiger partial charge on any atom is 0.339 e. The number of esters is 1. The Kier molecular flexibility index (Phi) is 7.02. The van der Waals surface area contributed by atoms with Crippen molar-refractivity contribution in [1.82, 2.24) is 5.32 Å².